The van der Waals surface area contributed by atoms with Gasteiger partial charge in [0.05, 0.1) is 11.4 Å². The molecule has 2 aromatic carbocycles. The average Bonchev–Trinajstić information content (AvgIpc) is 3.09. The van der Waals surface area contributed by atoms with Crippen molar-refractivity contribution >= 4 is 59.1 Å². The Hall–Kier alpha value is -6.74. The van der Waals surface area contributed by atoms with Crippen molar-refractivity contribution in [2.75, 3.05) is 76.4 Å². The molecule has 2 aromatic rings. The van der Waals surface area contributed by atoms with E-state index in [1.165, 1.54) is 6.07 Å². The molecule has 306 valence electrons. The molecule has 0 saturated heterocycles. The predicted molar refractivity (Wildman–Crippen MR) is 179 cm³/mol. The molecule has 22 heteroatoms. The Morgan fingerprint density at radius 1 is 0.446 bits per heavy atom. The molecule has 0 heterocycles. The summed E-state index contributed by atoms with van der Waals surface area (Å²) in [6, 6.07) is 6.15. The van der Waals surface area contributed by atoms with E-state index in [2.05, 4.69) is 18.9 Å². The number of anilines is 2. The summed E-state index contributed by atoms with van der Waals surface area (Å²) in [6.45, 7) is -2.22. The van der Waals surface area contributed by atoms with Crippen LogP contribution in [-0.2, 0) is 76.3 Å². The summed E-state index contributed by atoms with van der Waals surface area (Å²) in [5.74, 6) is -8.94. The summed E-state index contributed by atoms with van der Waals surface area (Å²) in [6.07, 6.45) is 0. The summed E-state index contributed by atoms with van der Waals surface area (Å²) in [5, 5.41) is 0. The largest absolute Gasteiger partial charge is 0.488 e. The van der Waals surface area contributed by atoms with Gasteiger partial charge in [-0.3, -0.25) is 38.4 Å². The first-order valence-corrected chi connectivity index (χ1v) is 16.0. The van der Waals surface area contributed by atoms with Gasteiger partial charge in [-0.15, -0.1) is 0 Å². The van der Waals surface area contributed by atoms with Crippen molar-refractivity contribution in [1.82, 2.24) is 0 Å². The maximum Gasteiger partial charge on any atom is 0.328 e. The lowest BCUT2D eigenvalue weighted by atomic mass is 10.2. The maximum absolute atomic E-state index is 14.5. The van der Waals surface area contributed by atoms with Crippen LogP contribution in [0.15, 0.2) is 36.4 Å². The molecule has 0 spiro atoms. The molecule has 0 unspecified atom stereocenters. The van der Waals surface area contributed by atoms with Crippen LogP contribution in [0.4, 0.5) is 20.2 Å². The van der Waals surface area contributed by atoms with Crippen molar-refractivity contribution in [3.63, 3.8) is 0 Å². The summed E-state index contributed by atoms with van der Waals surface area (Å²) in [5.41, 5.74) is -0.204. The number of carbonyl (C=O) groups is 8. The molecule has 0 aromatic heterocycles. The first-order chi connectivity index (χ1) is 26.5. The van der Waals surface area contributed by atoms with Gasteiger partial charge in [-0.2, -0.15) is 0 Å². The van der Waals surface area contributed by atoms with Crippen LogP contribution < -0.4 is 19.3 Å². The Labute approximate surface area is 317 Å². The molecule has 2 rings (SSSR count). The number of ether oxygens (including phenoxy) is 10. The molecule has 0 radical (unpaired) electrons. The number of halogens is 2. The molecular formula is C34H38F2N2O18. The second-order valence-electron chi connectivity index (χ2n) is 10.7. The molecule has 20 nitrogen and oxygen atoms in total. The van der Waals surface area contributed by atoms with Crippen molar-refractivity contribution in [3.8, 4) is 11.5 Å². The minimum absolute atomic E-state index is 0.0338. The van der Waals surface area contributed by atoms with E-state index in [4.69, 9.17) is 28.4 Å². The Bertz CT molecular complexity index is 1650. The van der Waals surface area contributed by atoms with E-state index in [0.717, 1.165) is 67.8 Å². The molecule has 0 aliphatic heterocycles. The number of esters is 8. The molecule has 0 amide bonds. The third-order valence-corrected chi connectivity index (χ3v) is 6.33. The van der Waals surface area contributed by atoms with Crippen LogP contribution in [0.2, 0.25) is 0 Å². The van der Waals surface area contributed by atoms with Gasteiger partial charge in [-0.25, -0.2) is 8.78 Å². The second-order valence-corrected chi connectivity index (χ2v) is 10.7. The second kappa shape index (κ2) is 23.8. The number of hydrogen-bond donors (Lipinski definition) is 0. The first kappa shape index (κ1) is 45.4. The SMILES string of the molecule is CC(=O)OCOC(=O)CN(CC(=O)OCOC(C)=O)c1ccc(F)cc1OCCOc1ccc(F)cc1N(CC(=O)OCOC(C)=O)CC(=O)OCOC(C)=O. The third-order valence-electron chi connectivity index (χ3n) is 6.33. The highest BCUT2D eigenvalue weighted by Gasteiger charge is 2.24. The third kappa shape index (κ3) is 18.3. The summed E-state index contributed by atoms with van der Waals surface area (Å²) in [7, 11) is 0. The zero-order valence-electron chi connectivity index (χ0n) is 30.5. The van der Waals surface area contributed by atoms with Crippen molar-refractivity contribution < 1.29 is 94.5 Å². The Kier molecular flexibility index (Phi) is 19.3. The van der Waals surface area contributed by atoms with Crippen LogP contribution in [0.3, 0.4) is 0 Å². The molecule has 0 aliphatic carbocycles. The standard InChI is InChI=1S/C34H38F2N2O18/c1-21(39)49-17-53-31(43)13-37(14-32(44)54-18-50-22(2)40)27-7-5-26(36)12-30(27)48-10-9-47-29-8-6-25(35)11-28(29)38(15-33(45)55-19-51-23(3)41)16-34(46)56-20-52-24(4)42/h5-8,11-12H,9-10,13-20H2,1-4H3. The van der Waals surface area contributed by atoms with E-state index in [-0.39, 0.29) is 36.1 Å². The topological polar surface area (TPSA) is 235 Å². The van der Waals surface area contributed by atoms with Crippen LogP contribution in [0.5, 0.6) is 11.5 Å². The van der Waals surface area contributed by atoms with Crippen molar-refractivity contribution in [3.05, 3.63) is 48.0 Å². The van der Waals surface area contributed by atoms with Gasteiger partial charge in [0.25, 0.3) is 0 Å². The monoisotopic (exact) mass is 800 g/mol. The lowest BCUT2D eigenvalue weighted by Gasteiger charge is -2.26. The molecular weight excluding hydrogens is 762 g/mol. The fraction of sp³-hybridized carbons (Fsp3) is 0.412. The van der Waals surface area contributed by atoms with Gasteiger partial charge in [-0.1, -0.05) is 0 Å². The van der Waals surface area contributed by atoms with Crippen LogP contribution in [0, 0.1) is 11.6 Å². The number of benzene rings is 2. The van der Waals surface area contributed by atoms with Gasteiger partial charge in [0, 0.05) is 39.8 Å². The van der Waals surface area contributed by atoms with E-state index < -0.39 is 113 Å². The minimum atomic E-state index is -1.02. The van der Waals surface area contributed by atoms with E-state index in [0.29, 0.717) is 0 Å². The highest BCUT2D eigenvalue weighted by molar-refractivity contribution is 5.84. The first-order valence-electron chi connectivity index (χ1n) is 16.0. The summed E-state index contributed by atoms with van der Waals surface area (Å²) >= 11 is 0. The maximum atomic E-state index is 14.5. The predicted octanol–water partition coefficient (Wildman–Crippen LogP) is 1.29. The fourth-order valence-corrected chi connectivity index (χ4v) is 4.00. The van der Waals surface area contributed by atoms with E-state index in [1.54, 1.807) is 0 Å². The molecule has 0 bridgehead atoms. The van der Waals surface area contributed by atoms with Gasteiger partial charge < -0.3 is 57.2 Å². The summed E-state index contributed by atoms with van der Waals surface area (Å²) < 4.78 is 78.1. The smallest absolute Gasteiger partial charge is 0.328 e. The van der Waals surface area contributed by atoms with Gasteiger partial charge in [0.1, 0.15) is 62.5 Å². The highest BCUT2D eigenvalue weighted by atomic mass is 19.1. The average molecular weight is 801 g/mol. The van der Waals surface area contributed by atoms with Crippen LogP contribution in [0.1, 0.15) is 27.7 Å². The minimum Gasteiger partial charge on any atom is -0.488 e. The van der Waals surface area contributed by atoms with Crippen molar-refractivity contribution in [1.29, 1.82) is 0 Å². The molecule has 0 saturated carbocycles. The normalized spacial score (nSPS) is 10.2. The molecule has 0 N–H and O–H groups in total. The van der Waals surface area contributed by atoms with E-state index >= 15 is 0 Å². The van der Waals surface area contributed by atoms with E-state index in [9.17, 15) is 47.1 Å². The van der Waals surface area contributed by atoms with Crippen molar-refractivity contribution in [2.45, 2.75) is 27.7 Å². The van der Waals surface area contributed by atoms with Gasteiger partial charge >= 0.3 is 47.8 Å². The number of hydrogen-bond acceptors (Lipinski definition) is 20. The fourth-order valence-electron chi connectivity index (χ4n) is 4.00. The van der Waals surface area contributed by atoms with E-state index in [1.807, 2.05) is 0 Å². The Morgan fingerprint density at radius 2 is 0.786 bits per heavy atom. The van der Waals surface area contributed by atoms with Gasteiger partial charge in [0.15, 0.2) is 0 Å². The van der Waals surface area contributed by atoms with Crippen LogP contribution >= 0.6 is 0 Å². The van der Waals surface area contributed by atoms with Crippen LogP contribution in [0.25, 0.3) is 0 Å². The quantitative estimate of drug-likeness (QED) is 0.0666. The van der Waals surface area contributed by atoms with Gasteiger partial charge in [-0.05, 0) is 24.3 Å². The number of carbonyl (C=O) groups excluding carboxylic acids is 8. The van der Waals surface area contributed by atoms with Gasteiger partial charge in [0.2, 0.25) is 27.2 Å². The summed E-state index contributed by atoms with van der Waals surface area (Å²) in [4.78, 5) is 96.4. The lowest BCUT2D eigenvalue weighted by molar-refractivity contribution is -0.167. The zero-order chi connectivity index (χ0) is 41.6. The Balaban J connectivity index is 2.28. The Morgan fingerprint density at radius 3 is 1.18 bits per heavy atom. The lowest BCUT2D eigenvalue weighted by Crippen LogP contribution is -2.37. The zero-order valence-corrected chi connectivity index (χ0v) is 30.5. The van der Waals surface area contributed by atoms with Crippen molar-refractivity contribution in [2.24, 2.45) is 0 Å². The van der Waals surface area contributed by atoms with Crippen LogP contribution in [-0.4, -0.2) is 114 Å². The molecule has 0 aliphatic rings. The number of rotatable bonds is 23. The molecule has 56 heavy (non-hydrogen) atoms. The molecule has 0 atom stereocenters. The highest BCUT2D eigenvalue weighted by Crippen LogP contribution is 2.31. The number of nitrogens with zero attached hydrogens (tertiary/aromatic N) is 2. The molecule has 0 fully saturated rings.